The van der Waals surface area contributed by atoms with E-state index in [9.17, 15) is 13.2 Å². The van der Waals surface area contributed by atoms with Crippen molar-refractivity contribution in [3.05, 3.63) is 28.8 Å². The Morgan fingerprint density at radius 1 is 1.43 bits per heavy atom. The molecule has 1 fully saturated rings. The molecular weight excluding hydrogens is 316 g/mol. The number of benzene rings is 1. The Morgan fingerprint density at radius 2 is 2.14 bits per heavy atom. The van der Waals surface area contributed by atoms with Crippen molar-refractivity contribution in [1.29, 1.82) is 0 Å². The van der Waals surface area contributed by atoms with E-state index in [0.29, 0.717) is 24.3 Å². The van der Waals surface area contributed by atoms with Crippen molar-refractivity contribution in [3.8, 4) is 0 Å². The summed E-state index contributed by atoms with van der Waals surface area (Å²) in [5, 5.41) is 0. The van der Waals surface area contributed by atoms with Gasteiger partial charge in [0.25, 0.3) is 9.05 Å². The van der Waals surface area contributed by atoms with Gasteiger partial charge in [0.15, 0.2) is 0 Å². The van der Waals surface area contributed by atoms with Crippen LogP contribution in [0, 0.1) is 19.8 Å². The van der Waals surface area contributed by atoms with E-state index in [-0.39, 0.29) is 23.0 Å². The summed E-state index contributed by atoms with van der Waals surface area (Å²) < 4.78 is 33.3. The second kappa shape index (κ2) is 6.34. The van der Waals surface area contributed by atoms with Crippen LogP contribution in [0.15, 0.2) is 17.0 Å². The molecule has 1 atom stereocenters. The largest absolute Gasteiger partial charge is 0.462 e. The Bertz CT molecular complexity index is 648. The summed E-state index contributed by atoms with van der Waals surface area (Å²) in [5.41, 5.74) is 1.59. The second-order valence-electron chi connectivity index (χ2n) is 5.18. The van der Waals surface area contributed by atoms with Crippen LogP contribution in [-0.2, 0) is 18.5 Å². The number of carbonyl (C=O) groups is 1. The van der Waals surface area contributed by atoms with Crippen molar-refractivity contribution in [2.75, 3.05) is 19.8 Å². The fourth-order valence-electron chi connectivity index (χ4n) is 2.17. The van der Waals surface area contributed by atoms with Gasteiger partial charge in [0.05, 0.1) is 23.7 Å². The van der Waals surface area contributed by atoms with Crippen LogP contribution in [0.4, 0.5) is 0 Å². The third kappa shape index (κ3) is 3.96. The van der Waals surface area contributed by atoms with E-state index in [1.807, 2.05) is 0 Å². The number of hydrogen-bond donors (Lipinski definition) is 0. The van der Waals surface area contributed by atoms with Crippen molar-refractivity contribution < 1.29 is 22.7 Å². The first-order chi connectivity index (χ1) is 9.79. The lowest BCUT2D eigenvalue weighted by molar-refractivity contribution is 0.0427. The molecule has 0 amide bonds. The van der Waals surface area contributed by atoms with Crippen molar-refractivity contribution in [2.24, 2.45) is 5.92 Å². The molecule has 7 heteroatoms. The molecule has 21 heavy (non-hydrogen) atoms. The molecule has 1 aromatic carbocycles. The third-order valence-corrected chi connectivity index (χ3v) is 4.95. The highest BCUT2D eigenvalue weighted by atomic mass is 35.7. The van der Waals surface area contributed by atoms with E-state index in [2.05, 4.69) is 0 Å². The zero-order valence-electron chi connectivity index (χ0n) is 11.9. The number of rotatable bonds is 4. The summed E-state index contributed by atoms with van der Waals surface area (Å²) in [6.07, 6.45) is 0.862. The van der Waals surface area contributed by atoms with Crippen molar-refractivity contribution in [1.82, 2.24) is 0 Å². The normalized spacial score (nSPS) is 18.7. The van der Waals surface area contributed by atoms with Gasteiger partial charge in [-0.3, -0.25) is 0 Å². The van der Waals surface area contributed by atoms with Gasteiger partial charge < -0.3 is 9.47 Å². The summed E-state index contributed by atoms with van der Waals surface area (Å²) in [5.74, 6) is -0.333. The molecule has 0 aromatic heterocycles. The molecule has 5 nitrogen and oxygen atoms in total. The standard InChI is InChI=1S/C14H17ClO5S/c1-9-5-12(21(15,17)18)6-13(10(9)2)14(16)20-8-11-3-4-19-7-11/h5-6,11H,3-4,7-8H2,1-2H3. The minimum Gasteiger partial charge on any atom is -0.462 e. The Labute approximate surface area is 128 Å². The van der Waals surface area contributed by atoms with Crippen molar-refractivity contribution in [3.63, 3.8) is 0 Å². The van der Waals surface area contributed by atoms with Gasteiger partial charge in [-0.05, 0) is 43.5 Å². The molecule has 1 heterocycles. The van der Waals surface area contributed by atoms with Crippen LogP contribution in [0.25, 0.3) is 0 Å². The molecule has 0 N–H and O–H groups in total. The van der Waals surface area contributed by atoms with Gasteiger partial charge in [0.2, 0.25) is 0 Å². The summed E-state index contributed by atoms with van der Waals surface area (Å²) >= 11 is 0. The highest BCUT2D eigenvalue weighted by Gasteiger charge is 2.21. The predicted octanol–water partition coefficient (Wildman–Crippen LogP) is 2.42. The van der Waals surface area contributed by atoms with E-state index in [1.54, 1.807) is 13.8 Å². The van der Waals surface area contributed by atoms with Crippen molar-refractivity contribution >= 4 is 25.7 Å². The van der Waals surface area contributed by atoms with Crippen LogP contribution >= 0.6 is 10.7 Å². The molecule has 116 valence electrons. The van der Waals surface area contributed by atoms with E-state index in [0.717, 1.165) is 6.42 Å². The van der Waals surface area contributed by atoms with Crippen LogP contribution in [0.2, 0.25) is 0 Å². The minimum absolute atomic E-state index is 0.0941. The van der Waals surface area contributed by atoms with E-state index >= 15 is 0 Å². The molecule has 1 aliphatic rings. The fourth-order valence-corrected chi connectivity index (χ4v) is 3.01. The van der Waals surface area contributed by atoms with Gasteiger partial charge in [0.1, 0.15) is 0 Å². The summed E-state index contributed by atoms with van der Waals surface area (Å²) in [7, 11) is 1.46. The first-order valence-corrected chi connectivity index (χ1v) is 8.90. The van der Waals surface area contributed by atoms with Gasteiger partial charge in [-0.15, -0.1) is 0 Å². The molecule has 1 unspecified atom stereocenters. The zero-order chi connectivity index (χ0) is 15.6. The van der Waals surface area contributed by atoms with Gasteiger partial charge in [-0.2, -0.15) is 0 Å². The molecule has 1 aliphatic heterocycles. The van der Waals surface area contributed by atoms with Gasteiger partial charge in [-0.1, -0.05) is 0 Å². The van der Waals surface area contributed by atoms with Crippen LogP contribution in [0.5, 0.6) is 0 Å². The Hall–Kier alpha value is -1.11. The number of ether oxygens (including phenoxy) is 2. The smallest absolute Gasteiger partial charge is 0.338 e. The number of halogens is 1. The Balaban J connectivity index is 2.21. The van der Waals surface area contributed by atoms with E-state index in [1.165, 1.54) is 12.1 Å². The zero-order valence-corrected chi connectivity index (χ0v) is 13.5. The third-order valence-electron chi connectivity index (χ3n) is 3.62. The Kier molecular flexibility index (Phi) is 4.91. The summed E-state index contributed by atoms with van der Waals surface area (Å²) in [6.45, 7) is 5.01. The summed E-state index contributed by atoms with van der Waals surface area (Å²) in [4.78, 5) is 12.1. The molecule has 0 spiro atoms. The molecule has 1 saturated heterocycles. The molecule has 0 bridgehead atoms. The average molecular weight is 333 g/mol. The average Bonchev–Trinajstić information content (AvgIpc) is 2.91. The van der Waals surface area contributed by atoms with Gasteiger partial charge >= 0.3 is 5.97 Å². The number of carbonyl (C=O) groups excluding carboxylic acids is 1. The second-order valence-corrected chi connectivity index (χ2v) is 7.74. The molecule has 1 aromatic rings. The lowest BCUT2D eigenvalue weighted by Crippen LogP contribution is -2.16. The first-order valence-electron chi connectivity index (χ1n) is 6.60. The first kappa shape index (κ1) is 16.3. The molecule has 2 rings (SSSR count). The lowest BCUT2D eigenvalue weighted by atomic mass is 10.0. The van der Waals surface area contributed by atoms with Gasteiger partial charge in [0, 0.05) is 23.2 Å². The molecule has 0 radical (unpaired) electrons. The van der Waals surface area contributed by atoms with Crippen molar-refractivity contribution in [2.45, 2.75) is 25.2 Å². The van der Waals surface area contributed by atoms with Crippen LogP contribution in [-0.4, -0.2) is 34.2 Å². The summed E-state index contributed by atoms with van der Waals surface area (Å²) in [6, 6.07) is 2.71. The molecule has 0 saturated carbocycles. The highest BCUT2D eigenvalue weighted by Crippen LogP contribution is 2.23. The van der Waals surface area contributed by atoms with E-state index < -0.39 is 15.0 Å². The molecule has 0 aliphatic carbocycles. The maximum atomic E-state index is 12.2. The van der Waals surface area contributed by atoms with Crippen LogP contribution in [0.3, 0.4) is 0 Å². The predicted molar refractivity (Wildman–Crippen MR) is 78.2 cm³/mol. The van der Waals surface area contributed by atoms with E-state index in [4.69, 9.17) is 20.2 Å². The number of aryl methyl sites for hydroxylation is 1. The maximum Gasteiger partial charge on any atom is 0.338 e. The van der Waals surface area contributed by atoms with Gasteiger partial charge in [-0.25, -0.2) is 13.2 Å². The monoisotopic (exact) mass is 332 g/mol. The number of esters is 1. The van der Waals surface area contributed by atoms with Crippen LogP contribution < -0.4 is 0 Å². The highest BCUT2D eigenvalue weighted by molar-refractivity contribution is 8.13. The molecular formula is C14H17ClO5S. The minimum atomic E-state index is -3.88. The SMILES string of the molecule is Cc1cc(S(=O)(=O)Cl)cc(C(=O)OCC2CCOC2)c1C. The van der Waals surface area contributed by atoms with Crippen LogP contribution in [0.1, 0.15) is 27.9 Å². The maximum absolute atomic E-state index is 12.2. The lowest BCUT2D eigenvalue weighted by Gasteiger charge is -2.12. The topological polar surface area (TPSA) is 69.7 Å². The fraction of sp³-hybridized carbons (Fsp3) is 0.500. The number of hydrogen-bond acceptors (Lipinski definition) is 5. The Morgan fingerprint density at radius 3 is 2.71 bits per heavy atom. The quantitative estimate of drug-likeness (QED) is 0.625.